The van der Waals surface area contributed by atoms with Crippen LogP contribution in [0.4, 0.5) is 8.78 Å². The highest BCUT2D eigenvalue weighted by Crippen LogP contribution is 2.51. The Morgan fingerprint density at radius 3 is 2.38 bits per heavy atom. The Bertz CT molecular complexity index is 1770. The predicted molar refractivity (Wildman–Crippen MR) is 147 cm³/mol. The Labute approximate surface area is 229 Å². The van der Waals surface area contributed by atoms with Gasteiger partial charge in [0.2, 0.25) is 0 Å². The van der Waals surface area contributed by atoms with E-state index in [4.69, 9.17) is 4.42 Å². The number of aromatic nitrogens is 1. The highest BCUT2D eigenvalue weighted by molar-refractivity contribution is 6.13. The summed E-state index contributed by atoms with van der Waals surface area (Å²) in [6, 6.07) is 18.6. The van der Waals surface area contributed by atoms with E-state index in [2.05, 4.69) is 4.98 Å². The van der Waals surface area contributed by atoms with Gasteiger partial charge in [-0.15, -0.1) is 0 Å². The molecule has 1 saturated carbocycles. The van der Waals surface area contributed by atoms with Crippen molar-refractivity contribution in [2.45, 2.75) is 38.0 Å². The molecule has 1 aliphatic rings. The molecule has 200 valence electrons. The van der Waals surface area contributed by atoms with Crippen LogP contribution in [0.15, 0.2) is 83.4 Å². The van der Waals surface area contributed by atoms with Crippen LogP contribution in [0.25, 0.3) is 33.4 Å². The van der Waals surface area contributed by atoms with Gasteiger partial charge in [0.15, 0.2) is 11.6 Å². The number of rotatable bonds is 8. The lowest BCUT2D eigenvalue weighted by atomic mass is 9.90. The molecule has 2 heterocycles. The summed E-state index contributed by atoms with van der Waals surface area (Å²) in [6.07, 6.45) is 3.60. The Kier molecular flexibility index (Phi) is 6.29. The fraction of sp³-hybridized carbons (Fsp3) is 0.182. The van der Waals surface area contributed by atoms with Gasteiger partial charge in [-0.1, -0.05) is 19.1 Å². The largest absolute Gasteiger partial charge is 0.507 e. The molecular weight excluding hydrogens is 512 g/mol. The topological polar surface area (TPSA) is 80.4 Å². The number of fused-ring (bicyclic) bond motifs is 1. The maximum atomic E-state index is 15.0. The second-order valence-corrected chi connectivity index (χ2v) is 10.2. The number of furan rings is 1. The first-order valence-corrected chi connectivity index (χ1v) is 13.1. The SMILES string of the molecule is CCC(=O)c1c(-c2ccc(F)cc2)oc2ccc(-c3cc(C(=O)CC4(c5ccccn5)CC4)c(F)cc3O)cc12. The molecule has 0 atom stereocenters. The van der Waals surface area contributed by atoms with Crippen molar-refractivity contribution in [1.82, 2.24) is 4.98 Å². The molecule has 0 unspecified atom stereocenters. The van der Waals surface area contributed by atoms with Crippen LogP contribution in [0.1, 0.15) is 59.0 Å². The monoisotopic (exact) mass is 537 g/mol. The summed E-state index contributed by atoms with van der Waals surface area (Å²) in [7, 11) is 0. The van der Waals surface area contributed by atoms with E-state index < -0.39 is 17.0 Å². The van der Waals surface area contributed by atoms with Gasteiger partial charge in [-0.3, -0.25) is 14.6 Å². The molecule has 0 saturated heterocycles. The summed E-state index contributed by atoms with van der Waals surface area (Å²) in [6.45, 7) is 1.74. The molecule has 6 rings (SSSR count). The molecule has 1 N–H and O–H groups in total. The zero-order valence-electron chi connectivity index (χ0n) is 21.7. The number of benzene rings is 3. The van der Waals surface area contributed by atoms with E-state index >= 15 is 4.39 Å². The number of ketones is 2. The number of halogens is 2. The third-order valence-corrected chi connectivity index (χ3v) is 7.65. The fourth-order valence-electron chi connectivity index (χ4n) is 5.28. The van der Waals surface area contributed by atoms with Gasteiger partial charge in [0.1, 0.15) is 28.7 Å². The molecule has 0 radical (unpaired) electrons. The summed E-state index contributed by atoms with van der Waals surface area (Å²) in [5, 5.41) is 11.2. The van der Waals surface area contributed by atoms with Gasteiger partial charge < -0.3 is 9.52 Å². The zero-order chi connectivity index (χ0) is 28.0. The number of Topliss-reactive ketones (excluding diaryl/α,β-unsaturated/α-hetero) is 2. The average Bonchev–Trinajstić information content (AvgIpc) is 3.64. The van der Waals surface area contributed by atoms with Crippen LogP contribution >= 0.6 is 0 Å². The maximum Gasteiger partial charge on any atom is 0.167 e. The van der Waals surface area contributed by atoms with E-state index in [1.165, 1.54) is 18.2 Å². The lowest BCUT2D eigenvalue weighted by molar-refractivity contribution is 0.0962. The van der Waals surface area contributed by atoms with Crippen LogP contribution in [0.2, 0.25) is 0 Å². The van der Waals surface area contributed by atoms with E-state index in [-0.39, 0.29) is 41.3 Å². The molecule has 0 aliphatic heterocycles. The van der Waals surface area contributed by atoms with Crippen molar-refractivity contribution in [2.24, 2.45) is 0 Å². The number of hydrogen-bond donors (Lipinski definition) is 1. The van der Waals surface area contributed by atoms with E-state index in [1.807, 2.05) is 18.2 Å². The average molecular weight is 538 g/mol. The molecule has 2 aromatic heterocycles. The zero-order valence-corrected chi connectivity index (χ0v) is 21.7. The summed E-state index contributed by atoms with van der Waals surface area (Å²) < 4.78 is 34.6. The second kappa shape index (κ2) is 9.83. The van der Waals surface area contributed by atoms with Crippen LogP contribution < -0.4 is 0 Å². The first-order valence-electron chi connectivity index (χ1n) is 13.1. The fourth-order valence-corrected chi connectivity index (χ4v) is 5.28. The smallest absolute Gasteiger partial charge is 0.167 e. The Morgan fingerprint density at radius 2 is 1.70 bits per heavy atom. The number of nitrogens with zero attached hydrogens (tertiary/aromatic N) is 1. The minimum absolute atomic E-state index is 0.112. The number of carbonyl (C=O) groups excluding carboxylic acids is 2. The van der Waals surface area contributed by atoms with Crippen molar-refractivity contribution in [3.63, 3.8) is 0 Å². The quantitative estimate of drug-likeness (QED) is 0.203. The first-order chi connectivity index (χ1) is 19.3. The van der Waals surface area contributed by atoms with Crippen LogP contribution in [0.3, 0.4) is 0 Å². The molecule has 40 heavy (non-hydrogen) atoms. The highest BCUT2D eigenvalue weighted by atomic mass is 19.1. The normalized spacial score (nSPS) is 13.9. The van der Waals surface area contributed by atoms with Gasteiger partial charge in [-0.25, -0.2) is 8.78 Å². The lowest BCUT2D eigenvalue weighted by Crippen LogP contribution is -2.16. The summed E-state index contributed by atoms with van der Waals surface area (Å²) >= 11 is 0. The number of aromatic hydroxyl groups is 1. The van der Waals surface area contributed by atoms with Gasteiger partial charge in [0.05, 0.1) is 11.1 Å². The van der Waals surface area contributed by atoms with Crippen molar-refractivity contribution in [1.29, 1.82) is 0 Å². The molecule has 1 aliphatic carbocycles. The standard InChI is InChI=1S/C33H25F2NO4/c1-2-26(37)31-24-15-20(8-11-29(24)40-32(31)19-6-9-21(34)10-7-19)22-16-23(25(35)17-27(22)38)28(39)18-33(12-13-33)30-5-3-4-14-36-30/h3-11,14-17,38H,2,12-13,18H2,1H3. The highest BCUT2D eigenvalue weighted by Gasteiger charge is 2.47. The molecule has 0 spiro atoms. The number of phenols is 1. The van der Waals surface area contributed by atoms with Gasteiger partial charge in [-0.05, 0) is 73.0 Å². The Morgan fingerprint density at radius 1 is 0.950 bits per heavy atom. The van der Waals surface area contributed by atoms with Gasteiger partial charge in [0, 0.05) is 52.7 Å². The Hall–Kier alpha value is -4.65. The third-order valence-electron chi connectivity index (χ3n) is 7.65. The molecule has 3 aromatic carbocycles. The van der Waals surface area contributed by atoms with Crippen molar-refractivity contribution in [3.05, 3.63) is 107 Å². The Balaban J connectivity index is 1.41. The van der Waals surface area contributed by atoms with E-state index in [1.54, 1.807) is 43.5 Å². The molecule has 7 heteroatoms. The molecular formula is C33H25F2NO4. The van der Waals surface area contributed by atoms with Gasteiger partial charge in [-0.2, -0.15) is 0 Å². The van der Waals surface area contributed by atoms with Crippen LogP contribution in [0.5, 0.6) is 5.75 Å². The van der Waals surface area contributed by atoms with Crippen molar-refractivity contribution in [3.8, 4) is 28.2 Å². The van der Waals surface area contributed by atoms with Crippen LogP contribution in [-0.2, 0) is 5.41 Å². The van der Waals surface area contributed by atoms with Crippen molar-refractivity contribution >= 4 is 22.5 Å². The molecule has 0 bridgehead atoms. The van der Waals surface area contributed by atoms with Crippen molar-refractivity contribution in [2.75, 3.05) is 0 Å². The number of pyridine rings is 1. The number of hydrogen-bond acceptors (Lipinski definition) is 5. The summed E-state index contributed by atoms with van der Waals surface area (Å²) in [4.78, 5) is 30.8. The summed E-state index contributed by atoms with van der Waals surface area (Å²) in [5.41, 5.74) is 2.38. The minimum atomic E-state index is -0.798. The maximum absolute atomic E-state index is 15.0. The van der Waals surface area contributed by atoms with Crippen molar-refractivity contribution < 1.29 is 27.9 Å². The van der Waals surface area contributed by atoms with E-state index in [9.17, 15) is 19.1 Å². The molecule has 5 nitrogen and oxygen atoms in total. The summed E-state index contributed by atoms with van der Waals surface area (Å²) in [5.74, 6) is -1.75. The van der Waals surface area contributed by atoms with Crippen LogP contribution in [-0.4, -0.2) is 21.7 Å². The number of carbonyl (C=O) groups is 2. The van der Waals surface area contributed by atoms with E-state index in [0.29, 0.717) is 33.4 Å². The third kappa shape index (κ3) is 4.47. The van der Waals surface area contributed by atoms with E-state index in [0.717, 1.165) is 24.6 Å². The first kappa shape index (κ1) is 25.6. The molecule has 1 fully saturated rings. The molecule has 0 amide bonds. The van der Waals surface area contributed by atoms with Gasteiger partial charge in [0.25, 0.3) is 0 Å². The lowest BCUT2D eigenvalue weighted by Gasteiger charge is -2.15. The molecule has 5 aromatic rings. The van der Waals surface area contributed by atoms with Crippen LogP contribution in [0, 0.1) is 11.6 Å². The minimum Gasteiger partial charge on any atom is -0.507 e. The predicted octanol–water partition coefficient (Wildman–Crippen LogP) is 8.04. The van der Waals surface area contributed by atoms with Gasteiger partial charge >= 0.3 is 0 Å². The second-order valence-electron chi connectivity index (χ2n) is 10.2. The number of phenolic OH excluding ortho intramolecular Hbond substituents is 1.